The first-order valence-corrected chi connectivity index (χ1v) is 9.36. The van der Waals surface area contributed by atoms with Gasteiger partial charge in [0.15, 0.2) is 10.2 Å². The molecule has 0 spiro atoms. The summed E-state index contributed by atoms with van der Waals surface area (Å²) in [5.41, 5.74) is 1.96. The van der Waals surface area contributed by atoms with Gasteiger partial charge in [-0.1, -0.05) is 25.1 Å². The lowest BCUT2D eigenvalue weighted by Gasteiger charge is -2.09. The largest absolute Gasteiger partial charge is 0.270 e. The van der Waals surface area contributed by atoms with Gasteiger partial charge in [0.2, 0.25) is 5.16 Å². The minimum atomic E-state index is 0.761. The maximum Gasteiger partial charge on any atom is 0.203 e. The Morgan fingerprint density at radius 3 is 2.56 bits per heavy atom. The lowest BCUT2D eigenvalue weighted by atomic mass is 10.2. The standard InChI is InChI=1S/C17H14N6S2/c1-2-14-19-17(25-22-14)24-16-21-20-15(12-8-10-18-11-9-12)23(16)13-6-4-3-5-7-13/h3-11H,2H2,1H3. The van der Waals surface area contributed by atoms with Gasteiger partial charge >= 0.3 is 0 Å². The van der Waals surface area contributed by atoms with E-state index in [4.69, 9.17) is 0 Å². The summed E-state index contributed by atoms with van der Waals surface area (Å²) in [4.78, 5) is 8.60. The number of nitrogens with zero attached hydrogens (tertiary/aromatic N) is 6. The van der Waals surface area contributed by atoms with Crippen LogP contribution in [0.5, 0.6) is 0 Å². The molecule has 0 aliphatic carbocycles. The second-order valence-corrected chi connectivity index (χ2v) is 7.11. The zero-order valence-corrected chi connectivity index (χ0v) is 15.0. The first kappa shape index (κ1) is 15.9. The molecule has 0 amide bonds. The molecular formula is C17H14N6S2. The lowest BCUT2D eigenvalue weighted by molar-refractivity contribution is 0.883. The van der Waals surface area contributed by atoms with Crippen molar-refractivity contribution >= 4 is 23.3 Å². The van der Waals surface area contributed by atoms with Gasteiger partial charge < -0.3 is 0 Å². The van der Waals surface area contributed by atoms with Crippen LogP contribution in [-0.4, -0.2) is 29.1 Å². The van der Waals surface area contributed by atoms with E-state index in [2.05, 4.69) is 24.5 Å². The number of hydrogen-bond donors (Lipinski definition) is 0. The fourth-order valence-electron chi connectivity index (χ4n) is 2.33. The molecule has 0 aliphatic rings. The minimum Gasteiger partial charge on any atom is -0.270 e. The predicted octanol–water partition coefficient (Wildman–Crippen LogP) is 3.89. The fraction of sp³-hybridized carbons (Fsp3) is 0.118. The van der Waals surface area contributed by atoms with Crippen molar-refractivity contribution in [3.8, 4) is 17.1 Å². The van der Waals surface area contributed by atoms with Gasteiger partial charge in [-0.25, -0.2) is 4.98 Å². The van der Waals surface area contributed by atoms with Crippen LogP contribution in [0.4, 0.5) is 0 Å². The number of rotatable bonds is 5. The van der Waals surface area contributed by atoms with Crippen LogP contribution in [0.25, 0.3) is 17.1 Å². The molecule has 1 aromatic carbocycles. The topological polar surface area (TPSA) is 69.4 Å². The van der Waals surface area contributed by atoms with Gasteiger partial charge in [0, 0.05) is 30.1 Å². The number of para-hydroxylation sites is 1. The summed E-state index contributed by atoms with van der Waals surface area (Å²) in [5, 5.41) is 9.56. The van der Waals surface area contributed by atoms with Gasteiger partial charge in [0.1, 0.15) is 5.82 Å². The van der Waals surface area contributed by atoms with Gasteiger partial charge in [0.25, 0.3) is 0 Å². The maximum atomic E-state index is 4.52. The van der Waals surface area contributed by atoms with Gasteiger partial charge in [-0.05, 0) is 47.6 Å². The quantitative estimate of drug-likeness (QED) is 0.534. The van der Waals surface area contributed by atoms with Crippen molar-refractivity contribution in [2.24, 2.45) is 0 Å². The Labute approximate surface area is 153 Å². The molecule has 0 aliphatic heterocycles. The molecule has 0 bridgehead atoms. The maximum absolute atomic E-state index is 4.52. The van der Waals surface area contributed by atoms with Crippen molar-refractivity contribution in [2.45, 2.75) is 22.8 Å². The SMILES string of the molecule is CCc1nsc(Sc2nnc(-c3ccncc3)n2-c2ccccc2)n1. The number of aromatic nitrogens is 6. The molecule has 8 heteroatoms. The van der Waals surface area contributed by atoms with E-state index >= 15 is 0 Å². The van der Waals surface area contributed by atoms with Crippen LogP contribution >= 0.6 is 23.3 Å². The van der Waals surface area contributed by atoms with E-state index in [0.717, 1.165) is 38.8 Å². The molecule has 0 unspecified atom stereocenters. The fourth-order valence-corrected chi connectivity index (χ4v) is 3.99. The Kier molecular flexibility index (Phi) is 4.53. The van der Waals surface area contributed by atoms with Gasteiger partial charge in [0.05, 0.1) is 0 Å². The monoisotopic (exact) mass is 366 g/mol. The molecule has 25 heavy (non-hydrogen) atoms. The second kappa shape index (κ2) is 7.12. The van der Waals surface area contributed by atoms with Crippen LogP contribution in [-0.2, 0) is 6.42 Å². The Bertz CT molecular complexity index is 965. The molecule has 124 valence electrons. The summed E-state index contributed by atoms with van der Waals surface area (Å²) in [6.07, 6.45) is 4.33. The average molecular weight is 366 g/mol. The van der Waals surface area contributed by atoms with E-state index in [-0.39, 0.29) is 0 Å². The van der Waals surface area contributed by atoms with Gasteiger partial charge in [-0.15, -0.1) is 10.2 Å². The average Bonchev–Trinajstić information content (AvgIpc) is 3.30. The highest BCUT2D eigenvalue weighted by molar-refractivity contribution is 8.00. The number of benzene rings is 1. The molecule has 3 heterocycles. The zero-order chi connectivity index (χ0) is 17.1. The number of pyridine rings is 1. The zero-order valence-electron chi connectivity index (χ0n) is 13.4. The summed E-state index contributed by atoms with van der Waals surface area (Å²) in [6.45, 7) is 2.05. The summed E-state index contributed by atoms with van der Waals surface area (Å²) in [5.74, 6) is 1.63. The molecule has 0 N–H and O–H groups in total. The molecule has 0 radical (unpaired) electrons. The Morgan fingerprint density at radius 2 is 1.84 bits per heavy atom. The van der Waals surface area contributed by atoms with E-state index in [1.807, 2.05) is 54.0 Å². The molecule has 0 saturated heterocycles. The van der Waals surface area contributed by atoms with Gasteiger partial charge in [-0.3, -0.25) is 9.55 Å². The summed E-state index contributed by atoms with van der Waals surface area (Å²) < 4.78 is 7.24. The molecule has 0 atom stereocenters. The molecule has 0 saturated carbocycles. The van der Waals surface area contributed by atoms with Crippen LogP contribution in [0.3, 0.4) is 0 Å². The van der Waals surface area contributed by atoms with Crippen molar-refractivity contribution in [2.75, 3.05) is 0 Å². The highest BCUT2D eigenvalue weighted by atomic mass is 32.2. The molecule has 4 rings (SSSR count). The van der Waals surface area contributed by atoms with Crippen molar-refractivity contribution < 1.29 is 0 Å². The van der Waals surface area contributed by atoms with Crippen LogP contribution in [0, 0.1) is 0 Å². The van der Waals surface area contributed by atoms with Crippen molar-refractivity contribution in [3.63, 3.8) is 0 Å². The van der Waals surface area contributed by atoms with Crippen LogP contribution in [0.1, 0.15) is 12.7 Å². The molecule has 4 aromatic rings. The third-order valence-electron chi connectivity index (χ3n) is 3.53. The smallest absolute Gasteiger partial charge is 0.203 e. The van der Waals surface area contributed by atoms with Crippen LogP contribution < -0.4 is 0 Å². The van der Waals surface area contributed by atoms with E-state index < -0.39 is 0 Å². The molecule has 0 fully saturated rings. The van der Waals surface area contributed by atoms with Crippen molar-refractivity contribution in [1.29, 1.82) is 0 Å². The van der Waals surface area contributed by atoms with E-state index in [1.54, 1.807) is 12.4 Å². The van der Waals surface area contributed by atoms with Gasteiger partial charge in [-0.2, -0.15) is 4.37 Å². The van der Waals surface area contributed by atoms with Crippen LogP contribution in [0.15, 0.2) is 64.4 Å². The minimum absolute atomic E-state index is 0.761. The van der Waals surface area contributed by atoms with E-state index in [1.165, 1.54) is 23.3 Å². The third kappa shape index (κ3) is 3.31. The highest BCUT2D eigenvalue weighted by Crippen LogP contribution is 2.32. The number of hydrogen-bond acceptors (Lipinski definition) is 7. The predicted molar refractivity (Wildman–Crippen MR) is 98.0 cm³/mol. The molecule has 6 nitrogen and oxygen atoms in total. The van der Waals surface area contributed by atoms with Crippen molar-refractivity contribution in [3.05, 3.63) is 60.7 Å². The summed E-state index contributed by atoms with van der Waals surface area (Å²) >= 11 is 2.87. The second-order valence-electron chi connectivity index (χ2n) is 5.15. The first-order chi connectivity index (χ1) is 12.3. The Morgan fingerprint density at radius 1 is 1.04 bits per heavy atom. The van der Waals surface area contributed by atoms with E-state index in [0.29, 0.717) is 0 Å². The highest BCUT2D eigenvalue weighted by Gasteiger charge is 2.18. The van der Waals surface area contributed by atoms with E-state index in [9.17, 15) is 0 Å². The van der Waals surface area contributed by atoms with Crippen LogP contribution in [0.2, 0.25) is 0 Å². The normalized spacial score (nSPS) is 10.9. The first-order valence-electron chi connectivity index (χ1n) is 7.77. The Balaban J connectivity index is 1.80. The molecule has 3 aromatic heterocycles. The third-order valence-corrected chi connectivity index (χ3v) is 5.27. The summed E-state index contributed by atoms with van der Waals surface area (Å²) in [6, 6.07) is 13.9. The van der Waals surface area contributed by atoms with Crippen molar-refractivity contribution in [1.82, 2.24) is 29.1 Å². The number of aryl methyl sites for hydroxylation is 1. The summed E-state index contributed by atoms with van der Waals surface area (Å²) in [7, 11) is 0. The lowest BCUT2D eigenvalue weighted by Crippen LogP contribution is -1.99. The Hall–Kier alpha value is -2.58. The molecular weight excluding hydrogens is 352 g/mol.